The molecular weight excluding hydrogens is 356 g/mol. The number of aryl methyl sites for hydroxylation is 1. The molecule has 7 heteroatoms. The fraction of sp³-hybridized carbons (Fsp3) is 0.167. The molecule has 5 nitrogen and oxygen atoms in total. The fourth-order valence-electron chi connectivity index (χ4n) is 2.65. The maximum absolute atomic E-state index is 6.18. The van der Waals surface area contributed by atoms with E-state index in [0.29, 0.717) is 22.5 Å². The molecule has 0 fully saturated rings. The molecular formula is C18H15ClN4OS. The largest absolute Gasteiger partial charge is 0.334 e. The Morgan fingerprint density at radius 3 is 2.72 bits per heavy atom. The van der Waals surface area contributed by atoms with E-state index < -0.39 is 0 Å². The first kappa shape index (κ1) is 16.2. The Hall–Kier alpha value is -2.31. The van der Waals surface area contributed by atoms with Crippen molar-refractivity contribution in [3.8, 4) is 11.5 Å². The number of fused-ring (bicyclic) bond motifs is 1. The van der Waals surface area contributed by atoms with Gasteiger partial charge in [0.1, 0.15) is 0 Å². The lowest BCUT2D eigenvalue weighted by atomic mass is 10.2. The van der Waals surface area contributed by atoms with E-state index in [9.17, 15) is 0 Å². The van der Waals surface area contributed by atoms with Gasteiger partial charge in [0.2, 0.25) is 0 Å². The molecule has 0 aliphatic rings. The number of hydrogen-bond acceptors (Lipinski definition) is 5. The van der Waals surface area contributed by atoms with Crippen LogP contribution in [-0.2, 0) is 12.3 Å². The van der Waals surface area contributed by atoms with Gasteiger partial charge in [-0.2, -0.15) is 4.98 Å². The predicted molar refractivity (Wildman–Crippen MR) is 99.7 cm³/mol. The van der Waals surface area contributed by atoms with Crippen molar-refractivity contribution in [1.29, 1.82) is 0 Å². The third-order valence-corrected chi connectivity index (χ3v) is 5.14. The highest BCUT2D eigenvalue weighted by atomic mass is 35.5. The van der Waals surface area contributed by atoms with Gasteiger partial charge in [-0.15, -0.1) is 0 Å². The van der Waals surface area contributed by atoms with Crippen LogP contribution in [0.2, 0.25) is 5.02 Å². The molecule has 2 aromatic carbocycles. The summed E-state index contributed by atoms with van der Waals surface area (Å²) in [5.74, 6) is 1.64. The Balaban J connectivity index is 1.56. The van der Waals surface area contributed by atoms with Gasteiger partial charge in [-0.3, -0.25) is 0 Å². The second-order valence-corrected chi connectivity index (χ2v) is 6.76. The number of halogens is 1. The average Bonchev–Trinajstić information content (AvgIpc) is 3.24. The van der Waals surface area contributed by atoms with Gasteiger partial charge in [-0.25, -0.2) is 4.98 Å². The van der Waals surface area contributed by atoms with Crippen LogP contribution in [0.5, 0.6) is 0 Å². The number of aromatic nitrogens is 4. The van der Waals surface area contributed by atoms with Crippen LogP contribution in [0.15, 0.2) is 58.2 Å². The smallest absolute Gasteiger partial charge is 0.259 e. The van der Waals surface area contributed by atoms with Crippen LogP contribution in [-0.4, -0.2) is 19.7 Å². The Morgan fingerprint density at radius 2 is 1.88 bits per heavy atom. The summed E-state index contributed by atoms with van der Waals surface area (Å²) in [7, 11) is 0. The minimum atomic E-state index is 0.435. The maximum atomic E-state index is 6.18. The zero-order valence-electron chi connectivity index (χ0n) is 13.5. The zero-order chi connectivity index (χ0) is 17.2. The first-order valence-corrected chi connectivity index (χ1v) is 9.28. The molecule has 25 heavy (non-hydrogen) atoms. The molecule has 0 saturated carbocycles. The lowest BCUT2D eigenvalue weighted by molar-refractivity contribution is 0.425. The van der Waals surface area contributed by atoms with Crippen molar-refractivity contribution in [1.82, 2.24) is 19.7 Å². The van der Waals surface area contributed by atoms with E-state index in [2.05, 4.69) is 27.7 Å². The predicted octanol–water partition coefficient (Wildman–Crippen LogP) is 5.05. The van der Waals surface area contributed by atoms with Crippen LogP contribution in [0, 0.1) is 0 Å². The van der Waals surface area contributed by atoms with Gasteiger partial charge in [0.05, 0.1) is 27.4 Å². The van der Waals surface area contributed by atoms with Crippen molar-refractivity contribution in [2.24, 2.45) is 0 Å². The molecule has 4 aromatic rings. The van der Waals surface area contributed by atoms with E-state index in [-0.39, 0.29) is 0 Å². The van der Waals surface area contributed by atoms with Crippen LogP contribution in [0.25, 0.3) is 22.5 Å². The van der Waals surface area contributed by atoms with E-state index in [1.807, 2.05) is 36.4 Å². The number of imidazole rings is 1. The van der Waals surface area contributed by atoms with Crippen LogP contribution in [0.1, 0.15) is 12.7 Å². The second kappa shape index (κ2) is 6.90. The van der Waals surface area contributed by atoms with Gasteiger partial charge in [0.25, 0.3) is 5.89 Å². The molecule has 0 bridgehead atoms. The van der Waals surface area contributed by atoms with Crippen molar-refractivity contribution < 1.29 is 4.52 Å². The standard InChI is InChI=1S/C18H15ClN4OS/c1-2-23-15-10-6-5-9-14(15)20-18(23)25-11-16-21-17(24-22-16)12-7-3-4-8-13(12)19/h3-10H,2,11H2,1H3. The van der Waals surface area contributed by atoms with Crippen molar-refractivity contribution >= 4 is 34.4 Å². The molecule has 126 valence electrons. The summed E-state index contributed by atoms with van der Waals surface area (Å²) in [5.41, 5.74) is 2.88. The number of para-hydroxylation sites is 2. The molecule has 0 atom stereocenters. The third kappa shape index (κ3) is 3.15. The van der Waals surface area contributed by atoms with Gasteiger partial charge in [-0.1, -0.05) is 52.8 Å². The van der Waals surface area contributed by atoms with Gasteiger partial charge in [0, 0.05) is 6.54 Å². The minimum absolute atomic E-state index is 0.435. The van der Waals surface area contributed by atoms with Crippen molar-refractivity contribution in [2.45, 2.75) is 24.4 Å². The Morgan fingerprint density at radius 1 is 1.08 bits per heavy atom. The summed E-state index contributed by atoms with van der Waals surface area (Å²) in [4.78, 5) is 9.14. The average molecular weight is 371 g/mol. The van der Waals surface area contributed by atoms with Crippen LogP contribution in [0.4, 0.5) is 0 Å². The molecule has 0 N–H and O–H groups in total. The van der Waals surface area contributed by atoms with Gasteiger partial charge in [-0.05, 0) is 31.2 Å². The monoisotopic (exact) mass is 370 g/mol. The molecule has 0 amide bonds. The quantitative estimate of drug-likeness (QED) is 0.460. The summed E-state index contributed by atoms with van der Waals surface area (Å²) >= 11 is 7.78. The van der Waals surface area contributed by atoms with Crippen LogP contribution < -0.4 is 0 Å². The maximum Gasteiger partial charge on any atom is 0.259 e. The Bertz CT molecular complexity index is 1030. The summed E-state index contributed by atoms with van der Waals surface area (Å²) in [5, 5.41) is 5.60. The van der Waals surface area contributed by atoms with Crippen LogP contribution in [0.3, 0.4) is 0 Å². The normalized spacial score (nSPS) is 11.3. The number of thioether (sulfide) groups is 1. The van der Waals surface area contributed by atoms with Crippen molar-refractivity contribution in [2.75, 3.05) is 0 Å². The zero-order valence-corrected chi connectivity index (χ0v) is 15.1. The Kier molecular flexibility index (Phi) is 4.46. The summed E-state index contributed by atoms with van der Waals surface area (Å²) in [6, 6.07) is 15.6. The Labute approximate surface area is 154 Å². The van der Waals surface area contributed by atoms with E-state index in [4.69, 9.17) is 21.1 Å². The van der Waals surface area contributed by atoms with Crippen molar-refractivity contribution in [3.63, 3.8) is 0 Å². The van der Waals surface area contributed by atoms with Gasteiger partial charge >= 0.3 is 0 Å². The topological polar surface area (TPSA) is 56.7 Å². The highest BCUT2D eigenvalue weighted by Crippen LogP contribution is 2.29. The highest BCUT2D eigenvalue weighted by molar-refractivity contribution is 7.98. The van der Waals surface area contributed by atoms with E-state index >= 15 is 0 Å². The van der Waals surface area contributed by atoms with Crippen LogP contribution >= 0.6 is 23.4 Å². The second-order valence-electron chi connectivity index (χ2n) is 5.41. The van der Waals surface area contributed by atoms with E-state index in [1.165, 1.54) is 0 Å². The molecule has 0 unspecified atom stereocenters. The highest BCUT2D eigenvalue weighted by Gasteiger charge is 2.14. The number of rotatable bonds is 5. The molecule has 4 rings (SSSR count). The molecule has 0 spiro atoms. The molecule has 2 heterocycles. The van der Waals surface area contributed by atoms with E-state index in [1.54, 1.807) is 17.8 Å². The number of benzene rings is 2. The summed E-state index contributed by atoms with van der Waals surface area (Å²) in [6.45, 7) is 2.97. The number of hydrogen-bond donors (Lipinski definition) is 0. The summed E-state index contributed by atoms with van der Waals surface area (Å²) < 4.78 is 7.54. The first-order chi connectivity index (χ1) is 12.3. The SMILES string of the molecule is CCn1c(SCc2noc(-c3ccccc3Cl)n2)nc2ccccc21. The lowest BCUT2D eigenvalue weighted by Crippen LogP contribution is -1.96. The molecule has 2 aromatic heterocycles. The van der Waals surface area contributed by atoms with Crippen molar-refractivity contribution in [3.05, 3.63) is 59.4 Å². The number of nitrogens with zero attached hydrogens (tertiary/aromatic N) is 4. The molecule has 0 aliphatic carbocycles. The molecule has 0 radical (unpaired) electrons. The summed E-state index contributed by atoms with van der Waals surface area (Å²) in [6.07, 6.45) is 0. The molecule has 0 aliphatic heterocycles. The lowest BCUT2D eigenvalue weighted by Gasteiger charge is -2.03. The molecule has 0 saturated heterocycles. The van der Waals surface area contributed by atoms with E-state index in [0.717, 1.165) is 28.3 Å². The minimum Gasteiger partial charge on any atom is -0.334 e. The van der Waals surface area contributed by atoms with Gasteiger partial charge < -0.3 is 9.09 Å². The fourth-order valence-corrected chi connectivity index (χ4v) is 3.79. The third-order valence-electron chi connectivity index (χ3n) is 3.84. The first-order valence-electron chi connectivity index (χ1n) is 7.92. The van der Waals surface area contributed by atoms with Gasteiger partial charge in [0.15, 0.2) is 11.0 Å².